The van der Waals surface area contributed by atoms with E-state index in [1.165, 1.54) is 5.56 Å². The minimum atomic E-state index is -2.91. The number of rotatable bonds is 5. The molecular formula is C18H24N2O2S. The Hall–Kier alpha value is -1.53. The van der Waals surface area contributed by atoms with Gasteiger partial charge in [0.2, 0.25) is 0 Å². The highest BCUT2D eigenvalue weighted by Crippen LogP contribution is 2.60. The number of nitrogens with zero attached hydrogens (tertiary/aromatic N) is 1. The highest BCUT2D eigenvalue weighted by Gasteiger charge is 2.38. The Balaban J connectivity index is 2.00. The lowest BCUT2D eigenvalue weighted by molar-refractivity contribution is 0.454. The standard InChI is InChI=1S/C18H24N2O2S/c1-19-13-7-11-17-14-15-8-5-6-12-18(15)20(23(17,21)22)16-9-3-2-4-10-16/h2-6,8-10,12,17,19,21-22H,7,11,13-14H2,1H3. The van der Waals surface area contributed by atoms with Crippen LogP contribution in [0.15, 0.2) is 54.6 Å². The fourth-order valence-electron chi connectivity index (χ4n) is 3.16. The van der Waals surface area contributed by atoms with E-state index in [0.29, 0.717) is 6.42 Å². The first-order chi connectivity index (χ1) is 11.1. The summed E-state index contributed by atoms with van der Waals surface area (Å²) in [5, 5.41) is 2.98. The van der Waals surface area contributed by atoms with Gasteiger partial charge in [0.25, 0.3) is 0 Å². The summed E-state index contributed by atoms with van der Waals surface area (Å²) in [5.74, 6) is 0. The van der Waals surface area contributed by atoms with Gasteiger partial charge in [0.05, 0.1) is 16.6 Å². The van der Waals surface area contributed by atoms with Crippen molar-refractivity contribution in [2.45, 2.75) is 24.5 Å². The maximum Gasteiger partial charge on any atom is 0.0733 e. The number of anilines is 2. The molecule has 4 nitrogen and oxygen atoms in total. The predicted molar refractivity (Wildman–Crippen MR) is 98.5 cm³/mol. The highest BCUT2D eigenvalue weighted by molar-refractivity contribution is 8.26. The van der Waals surface area contributed by atoms with Gasteiger partial charge in [-0.25, -0.2) is 4.31 Å². The molecule has 0 amide bonds. The molecule has 2 aromatic rings. The molecule has 23 heavy (non-hydrogen) atoms. The van der Waals surface area contributed by atoms with Gasteiger partial charge in [-0.3, -0.25) is 9.11 Å². The molecule has 0 fully saturated rings. The fraction of sp³-hybridized carbons (Fsp3) is 0.333. The van der Waals surface area contributed by atoms with Crippen LogP contribution in [-0.2, 0) is 6.42 Å². The molecule has 0 saturated heterocycles. The molecule has 0 bridgehead atoms. The van der Waals surface area contributed by atoms with Gasteiger partial charge in [-0.05, 0) is 56.6 Å². The third-order valence-electron chi connectivity index (χ3n) is 4.32. The van der Waals surface area contributed by atoms with Crippen LogP contribution >= 0.6 is 10.8 Å². The molecular weight excluding hydrogens is 308 g/mol. The summed E-state index contributed by atoms with van der Waals surface area (Å²) in [6.07, 6.45) is 2.44. The zero-order valence-electron chi connectivity index (χ0n) is 13.4. The fourth-order valence-corrected chi connectivity index (χ4v) is 5.24. The van der Waals surface area contributed by atoms with Crippen LogP contribution in [0.4, 0.5) is 11.4 Å². The van der Waals surface area contributed by atoms with Crippen LogP contribution in [-0.4, -0.2) is 27.9 Å². The molecule has 1 aliphatic rings. The Morgan fingerprint density at radius 3 is 2.52 bits per heavy atom. The molecule has 0 aromatic heterocycles. The predicted octanol–water partition coefficient (Wildman–Crippen LogP) is 4.41. The van der Waals surface area contributed by atoms with E-state index >= 15 is 0 Å². The molecule has 124 valence electrons. The third-order valence-corrected chi connectivity index (χ3v) is 6.56. The molecule has 1 unspecified atom stereocenters. The second kappa shape index (κ2) is 6.93. The quantitative estimate of drug-likeness (QED) is 0.710. The largest absolute Gasteiger partial charge is 0.320 e. The van der Waals surface area contributed by atoms with Gasteiger partial charge >= 0.3 is 0 Å². The number of nitrogens with one attached hydrogen (secondary N) is 1. The Morgan fingerprint density at radius 2 is 1.78 bits per heavy atom. The lowest BCUT2D eigenvalue weighted by Gasteiger charge is -2.53. The highest BCUT2D eigenvalue weighted by atomic mass is 32.3. The first-order valence-electron chi connectivity index (χ1n) is 7.99. The summed E-state index contributed by atoms with van der Waals surface area (Å²) in [4.78, 5) is 0. The minimum absolute atomic E-state index is 0.147. The van der Waals surface area contributed by atoms with Crippen molar-refractivity contribution in [2.24, 2.45) is 0 Å². The van der Waals surface area contributed by atoms with Crippen molar-refractivity contribution < 1.29 is 9.11 Å². The topological polar surface area (TPSA) is 55.7 Å². The molecule has 2 aromatic carbocycles. The average Bonchev–Trinajstić information content (AvgIpc) is 2.56. The van der Waals surface area contributed by atoms with E-state index in [-0.39, 0.29) is 5.25 Å². The zero-order chi connectivity index (χ0) is 16.3. The van der Waals surface area contributed by atoms with Crippen molar-refractivity contribution in [3.8, 4) is 0 Å². The molecule has 0 radical (unpaired) electrons. The van der Waals surface area contributed by atoms with Crippen molar-refractivity contribution in [1.29, 1.82) is 0 Å². The van der Waals surface area contributed by atoms with Gasteiger partial charge in [-0.1, -0.05) is 36.4 Å². The Kier molecular flexibility index (Phi) is 4.92. The summed E-state index contributed by atoms with van der Waals surface area (Å²) in [6, 6.07) is 17.7. The summed E-state index contributed by atoms with van der Waals surface area (Å²) in [6.45, 7) is 0.888. The molecule has 1 aliphatic heterocycles. The van der Waals surface area contributed by atoms with Gasteiger partial charge in [-0.2, -0.15) is 0 Å². The monoisotopic (exact) mass is 332 g/mol. The van der Waals surface area contributed by atoms with Crippen LogP contribution in [0.5, 0.6) is 0 Å². The first kappa shape index (κ1) is 16.3. The molecule has 0 saturated carbocycles. The lowest BCUT2D eigenvalue weighted by Crippen LogP contribution is -2.37. The van der Waals surface area contributed by atoms with E-state index < -0.39 is 10.8 Å². The van der Waals surface area contributed by atoms with Crippen LogP contribution in [0.1, 0.15) is 18.4 Å². The number of hydrogen-bond donors (Lipinski definition) is 3. The van der Waals surface area contributed by atoms with Crippen molar-refractivity contribution in [2.75, 3.05) is 17.9 Å². The molecule has 3 N–H and O–H groups in total. The summed E-state index contributed by atoms with van der Waals surface area (Å²) < 4.78 is 23.8. The maximum atomic E-state index is 11.0. The van der Waals surface area contributed by atoms with Crippen LogP contribution in [0, 0.1) is 0 Å². The molecule has 0 aliphatic carbocycles. The van der Waals surface area contributed by atoms with Gasteiger partial charge in [0.1, 0.15) is 0 Å². The van der Waals surface area contributed by atoms with E-state index in [0.717, 1.165) is 30.8 Å². The Labute approximate surface area is 139 Å². The van der Waals surface area contributed by atoms with Crippen molar-refractivity contribution in [3.63, 3.8) is 0 Å². The SMILES string of the molecule is CNCCCC1Cc2ccccc2N(c2ccccc2)S1(O)O. The molecule has 1 heterocycles. The summed E-state index contributed by atoms with van der Waals surface area (Å²) in [7, 11) is -0.985. The number of fused-ring (bicyclic) bond motifs is 1. The van der Waals surface area contributed by atoms with Gasteiger partial charge in [0.15, 0.2) is 0 Å². The van der Waals surface area contributed by atoms with E-state index in [9.17, 15) is 9.11 Å². The molecule has 5 heteroatoms. The van der Waals surface area contributed by atoms with Gasteiger partial charge < -0.3 is 5.32 Å². The number of benzene rings is 2. The average molecular weight is 332 g/mol. The van der Waals surface area contributed by atoms with Crippen LogP contribution in [0.3, 0.4) is 0 Å². The van der Waals surface area contributed by atoms with E-state index in [4.69, 9.17) is 0 Å². The normalized spacial score (nSPS) is 20.8. The second-order valence-corrected chi connectivity index (χ2v) is 8.05. The lowest BCUT2D eigenvalue weighted by atomic mass is 10.0. The Bertz CT molecular complexity index is 648. The van der Waals surface area contributed by atoms with Crippen LogP contribution in [0.25, 0.3) is 0 Å². The summed E-state index contributed by atoms with van der Waals surface area (Å²) in [5.41, 5.74) is 2.92. The number of hydrogen-bond acceptors (Lipinski definition) is 4. The van der Waals surface area contributed by atoms with E-state index in [1.54, 1.807) is 4.31 Å². The van der Waals surface area contributed by atoms with Crippen molar-refractivity contribution in [3.05, 3.63) is 60.2 Å². The van der Waals surface area contributed by atoms with E-state index in [1.807, 2.05) is 55.6 Å². The zero-order valence-corrected chi connectivity index (χ0v) is 14.2. The van der Waals surface area contributed by atoms with Gasteiger partial charge in [-0.15, -0.1) is 10.8 Å². The smallest absolute Gasteiger partial charge is 0.0733 e. The van der Waals surface area contributed by atoms with Crippen molar-refractivity contribution in [1.82, 2.24) is 5.32 Å². The van der Waals surface area contributed by atoms with Crippen molar-refractivity contribution >= 4 is 22.2 Å². The van der Waals surface area contributed by atoms with Gasteiger partial charge in [0, 0.05) is 0 Å². The Morgan fingerprint density at radius 1 is 1.09 bits per heavy atom. The first-order valence-corrected chi connectivity index (χ1v) is 9.56. The third kappa shape index (κ3) is 3.23. The maximum absolute atomic E-state index is 11.0. The van der Waals surface area contributed by atoms with E-state index in [2.05, 4.69) is 11.4 Å². The second-order valence-electron chi connectivity index (χ2n) is 5.89. The number of para-hydroxylation sites is 2. The van der Waals surface area contributed by atoms with Crippen LogP contribution < -0.4 is 9.62 Å². The molecule has 3 rings (SSSR count). The van der Waals surface area contributed by atoms with Crippen LogP contribution in [0.2, 0.25) is 0 Å². The molecule has 0 spiro atoms. The minimum Gasteiger partial charge on any atom is -0.320 e. The molecule has 1 atom stereocenters. The summed E-state index contributed by atoms with van der Waals surface area (Å²) >= 11 is 0.